The molecule has 4 rings (SSSR count). The second kappa shape index (κ2) is 6.07. The molecule has 1 N–H and O–H groups in total. The highest BCUT2D eigenvalue weighted by molar-refractivity contribution is 7.91. The molecule has 2 atom stereocenters. The summed E-state index contributed by atoms with van der Waals surface area (Å²) in [7, 11) is -2.99. The highest BCUT2D eigenvalue weighted by atomic mass is 32.2. The van der Waals surface area contributed by atoms with E-state index in [0.717, 1.165) is 32.0 Å². The van der Waals surface area contributed by atoms with E-state index >= 15 is 0 Å². The maximum Gasteiger partial charge on any atom is 0.227 e. The van der Waals surface area contributed by atoms with Gasteiger partial charge in [-0.1, -0.05) is 0 Å². The molecule has 0 amide bonds. The molecule has 1 aromatic rings. The maximum atomic E-state index is 12.0. The van der Waals surface area contributed by atoms with Gasteiger partial charge in [-0.2, -0.15) is 4.98 Å². The van der Waals surface area contributed by atoms with Gasteiger partial charge in [0.25, 0.3) is 0 Å². The Morgan fingerprint density at radius 2 is 2.16 bits per heavy atom. The zero-order valence-corrected chi connectivity index (χ0v) is 15.5. The summed E-state index contributed by atoms with van der Waals surface area (Å²) < 4.78 is 29.8. The van der Waals surface area contributed by atoms with Gasteiger partial charge in [-0.15, -0.1) is 0 Å². The smallest absolute Gasteiger partial charge is 0.227 e. The summed E-state index contributed by atoms with van der Waals surface area (Å²) >= 11 is 0. The molecule has 3 fully saturated rings. The van der Waals surface area contributed by atoms with E-state index in [9.17, 15) is 8.42 Å². The Morgan fingerprint density at radius 1 is 1.32 bits per heavy atom. The second-order valence-electron chi connectivity index (χ2n) is 7.64. The Hall–Kier alpha value is -1.45. The fraction of sp³-hybridized carbons (Fsp3) is 0.750. The number of ether oxygens (including phenoxy) is 1. The number of morpholine rings is 1. The van der Waals surface area contributed by atoms with Gasteiger partial charge < -0.3 is 19.9 Å². The largest absolute Gasteiger partial charge is 0.372 e. The number of sulfone groups is 1. The number of piperazine rings is 1. The van der Waals surface area contributed by atoms with Gasteiger partial charge in [0.2, 0.25) is 5.95 Å². The molecule has 3 aliphatic rings. The summed E-state index contributed by atoms with van der Waals surface area (Å²) in [4.78, 5) is 13.5. The Kier molecular flexibility index (Phi) is 4.12. The Balaban J connectivity index is 1.59. The number of fused-ring (bicyclic) bond motifs is 1. The average molecular weight is 367 g/mol. The van der Waals surface area contributed by atoms with Gasteiger partial charge in [-0.25, -0.2) is 13.4 Å². The third-order valence-electron chi connectivity index (χ3n) is 5.11. The van der Waals surface area contributed by atoms with Crippen molar-refractivity contribution in [1.29, 1.82) is 0 Å². The predicted octanol–water partition coefficient (Wildman–Crippen LogP) is -0.333. The van der Waals surface area contributed by atoms with Gasteiger partial charge in [-0.05, 0) is 19.9 Å². The first-order chi connectivity index (χ1) is 11.8. The third kappa shape index (κ3) is 3.45. The van der Waals surface area contributed by atoms with E-state index in [1.54, 1.807) is 6.20 Å². The van der Waals surface area contributed by atoms with Crippen LogP contribution in [0.5, 0.6) is 0 Å². The first-order valence-electron chi connectivity index (χ1n) is 8.75. The lowest BCUT2D eigenvalue weighted by molar-refractivity contribution is -0.0281. The number of aromatic nitrogens is 2. The monoisotopic (exact) mass is 367 g/mol. The molecule has 4 heterocycles. The molecule has 0 saturated carbocycles. The van der Waals surface area contributed by atoms with Crippen molar-refractivity contribution in [2.75, 3.05) is 54.1 Å². The first kappa shape index (κ1) is 17.0. The number of hydrogen-bond acceptors (Lipinski definition) is 8. The van der Waals surface area contributed by atoms with Crippen LogP contribution in [0.25, 0.3) is 0 Å². The minimum atomic E-state index is -2.99. The molecule has 3 saturated heterocycles. The molecule has 0 radical (unpaired) electrons. The van der Waals surface area contributed by atoms with Crippen LogP contribution in [0.2, 0.25) is 0 Å². The summed E-state index contributed by atoms with van der Waals surface area (Å²) in [5.74, 6) is 1.89. The molecule has 0 aromatic carbocycles. The highest BCUT2D eigenvalue weighted by Crippen LogP contribution is 2.27. The number of anilines is 2. The molecule has 3 aliphatic heterocycles. The van der Waals surface area contributed by atoms with Crippen molar-refractivity contribution in [2.45, 2.75) is 31.5 Å². The van der Waals surface area contributed by atoms with Crippen molar-refractivity contribution in [2.24, 2.45) is 0 Å². The van der Waals surface area contributed by atoms with E-state index in [1.807, 2.05) is 6.07 Å². The maximum absolute atomic E-state index is 12.0. The fourth-order valence-electron chi connectivity index (χ4n) is 3.99. The van der Waals surface area contributed by atoms with Crippen LogP contribution in [-0.4, -0.2) is 80.4 Å². The van der Waals surface area contributed by atoms with E-state index in [0.29, 0.717) is 12.6 Å². The van der Waals surface area contributed by atoms with Crippen molar-refractivity contribution in [3.63, 3.8) is 0 Å². The van der Waals surface area contributed by atoms with E-state index in [2.05, 4.69) is 33.9 Å². The molecular weight excluding hydrogens is 342 g/mol. The van der Waals surface area contributed by atoms with Crippen LogP contribution in [0.15, 0.2) is 12.3 Å². The average Bonchev–Trinajstić information content (AvgIpc) is 2.87. The van der Waals surface area contributed by atoms with Crippen LogP contribution < -0.4 is 15.1 Å². The Bertz CT molecular complexity index is 754. The Labute approximate surface area is 148 Å². The van der Waals surface area contributed by atoms with Crippen LogP contribution in [0.1, 0.15) is 13.8 Å². The minimum Gasteiger partial charge on any atom is -0.372 e. The van der Waals surface area contributed by atoms with Crippen LogP contribution >= 0.6 is 0 Å². The van der Waals surface area contributed by atoms with Crippen LogP contribution in [0.3, 0.4) is 0 Å². The predicted molar refractivity (Wildman–Crippen MR) is 95.9 cm³/mol. The molecule has 0 bridgehead atoms. The number of nitrogens with zero attached hydrogens (tertiary/aromatic N) is 4. The van der Waals surface area contributed by atoms with Crippen LogP contribution in [0, 0.1) is 0 Å². The zero-order valence-electron chi connectivity index (χ0n) is 14.7. The van der Waals surface area contributed by atoms with Crippen molar-refractivity contribution >= 4 is 21.6 Å². The van der Waals surface area contributed by atoms with Gasteiger partial charge in [-0.3, -0.25) is 0 Å². The summed E-state index contributed by atoms with van der Waals surface area (Å²) in [6.45, 7) is 7.79. The SMILES string of the molecule is CC1(C)CN(c2nccc(N3CCN[C@H]4CS(=O)(=O)C[C@H]43)n2)CCO1. The van der Waals surface area contributed by atoms with Crippen molar-refractivity contribution < 1.29 is 13.2 Å². The molecule has 9 heteroatoms. The summed E-state index contributed by atoms with van der Waals surface area (Å²) in [5.41, 5.74) is -0.225. The van der Waals surface area contributed by atoms with E-state index in [4.69, 9.17) is 9.72 Å². The molecule has 8 nitrogen and oxygen atoms in total. The second-order valence-corrected chi connectivity index (χ2v) is 9.80. The molecule has 25 heavy (non-hydrogen) atoms. The standard InChI is InChI=1S/C16H25N5O3S/c1-16(2)11-20(7-8-24-16)15-18-4-3-14(19-15)21-6-5-17-12-9-25(22,23)10-13(12)21/h3-4,12-13,17H,5-11H2,1-2H3/t12-,13+/m0/s1. The summed E-state index contributed by atoms with van der Waals surface area (Å²) in [6, 6.07) is 1.81. The molecule has 0 spiro atoms. The number of hydrogen-bond donors (Lipinski definition) is 1. The lowest BCUT2D eigenvalue weighted by atomic mass is 10.1. The minimum absolute atomic E-state index is 0.0144. The van der Waals surface area contributed by atoms with Gasteiger partial charge in [0, 0.05) is 38.4 Å². The van der Waals surface area contributed by atoms with E-state index in [-0.39, 0.29) is 29.2 Å². The Morgan fingerprint density at radius 3 is 2.96 bits per heavy atom. The summed E-state index contributed by atoms with van der Waals surface area (Å²) in [6.07, 6.45) is 1.76. The van der Waals surface area contributed by atoms with Gasteiger partial charge in [0.05, 0.1) is 29.8 Å². The van der Waals surface area contributed by atoms with Gasteiger partial charge in [0.15, 0.2) is 9.84 Å². The van der Waals surface area contributed by atoms with Crippen molar-refractivity contribution in [3.05, 3.63) is 12.3 Å². The summed E-state index contributed by atoms with van der Waals surface area (Å²) in [5, 5.41) is 3.33. The van der Waals surface area contributed by atoms with Crippen LogP contribution in [-0.2, 0) is 14.6 Å². The van der Waals surface area contributed by atoms with Gasteiger partial charge in [0.1, 0.15) is 5.82 Å². The highest BCUT2D eigenvalue weighted by Gasteiger charge is 2.43. The number of nitrogens with one attached hydrogen (secondary N) is 1. The molecule has 0 aliphatic carbocycles. The van der Waals surface area contributed by atoms with E-state index in [1.165, 1.54) is 0 Å². The quantitative estimate of drug-likeness (QED) is 0.760. The lowest BCUT2D eigenvalue weighted by Crippen LogP contribution is -2.57. The lowest BCUT2D eigenvalue weighted by Gasteiger charge is -2.40. The topological polar surface area (TPSA) is 87.7 Å². The fourth-order valence-corrected chi connectivity index (χ4v) is 5.95. The van der Waals surface area contributed by atoms with Crippen LogP contribution in [0.4, 0.5) is 11.8 Å². The normalized spacial score (nSPS) is 31.0. The first-order valence-corrected chi connectivity index (χ1v) is 10.6. The zero-order chi connectivity index (χ0) is 17.7. The number of rotatable bonds is 2. The molecule has 0 unspecified atom stereocenters. The van der Waals surface area contributed by atoms with Crippen molar-refractivity contribution in [3.8, 4) is 0 Å². The van der Waals surface area contributed by atoms with E-state index < -0.39 is 9.84 Å². The van der Waals surface area contributed by atoms with Gasteiger partial charge >= 0.3 is 0 Å². The molecule has 138 valence electrons. The molecular formula is C16H25N5O3S. The third-order valence-corrected chi connectivity index (χ3v) is 6.83. The van der Waals surface area contributed by atoms with Crippen molar-refractivity contribution in [1.82, 2.24) is 15.3 Å². The molecule has 1 aromatic heterocycles.